The fraction of sp³-hybridized carbons (Fsp3) is 0.198. The van der Waals surface area contributed by atoms with Crippen molar-refractivity contribution >= 4 is 195 Å². The van der Waals surface area contributed by atoms with Crippen LogP contribution < -0.4 is 57.0 Å². The third-order valence-corrected chi connectivity index (χ3v) is 24.8. The van der Waals surface area contributed by atoms with Crippen LogP contribution >= 0.6 is 88.5 Å². The number of rotatable bonds is 9. The van der Waals surface area contributed by atoms with E-state index in [2.05, 4.69) is 181 Å². The molecule has 0 bridgehead atoms. The number of nitrogens with one attached hydrogen (secondary N) is 5. The van der Waals surface area contributed by atoms with E-state index >= 15 is 0 Å². The highest BCUT2D eigenvalue weighted by molar-refractivity contribution is 9.10. The molecule has 133 heavy (non-hydrogen) atoms. The second-order valence-corrected chi connectivity index (χ2v) is 46.8. The van der Waals surface area contributed by atoms with E-state index in [4.69, 9.17) is 43.3 Å². The number of halogens is 8. The average Bonchev–Trinajstić information content (AvgIpc) is 1.80. The first-order valence-electron chi connectivity index (χ1n) is 40.1. The van der Waals surface area contributed by atoms with E-state index in [9.17, 15) is 31.4 Å². The van der Waals surface area contributed by atoms with Gasteiger partial charge in [-0.15, -0.1) is 69.3 Å². The summed E-state index contributed by atoms with van der Waals surface area (Å²) >= 11 is 14.0. The quantitative estimate of drug-likeness (QED) is 0.0290. The van der Waals surface area contributed by atoms with Crippen LogP contribution in [0, 0.1) is 122 Å². The van der Waals surface area contributed by atoms with Gasteiger partial charge < -0.3 is 62.1 Å². The number of aromatic nitrogens is 5. The van der Waals surface area contributed by atoms with Gasteiger partial charge in [0, 0.05) is 66.4 Å². The normalized spacial score (nSPS) is 10.1. The van der Waals surface area contributed by atoms with Crippen LogP contribution in [-0.4, -0.2) is 110 Å². The lowest BCUT2D eigenvalue weighted by atomic mass is 10.2. The summed E-state index contributed by atoms with van der Waals surface area (Å²) in [5.74, 6) is 19.0. The Balaban J connectivity index is 0.000000231. The molecule has 0 aliphatic rings. The van der Waals surface area contributed by atoms with Gasteiger partial charge in [-0.25, -0.2) is 51.3 Å². The average molecular weight is 2060 g/mol. The maximum absolute atomic E-state index is 13.7. The van der Waals surface area contributed by atoms with Gasteiger partial charge in [-0.1, -0.05) is 114 Å². The minimum atomic E-state index is -1.38. The van der Waals surface area contributed by atoms with Gasteiger partial charge in [-0.05, 0) is 239 Å². The number of thiazole rings is 5. The predicted molar refractivity (Wildman–Crippen MR) is 564 cm³/mol. The Morgan fingerprint density at radius 1 is 0.368 bits per heavy atom. The molecule has 0 amide bonds. The zero-order chi connectivity index (χ0) is 97.1. The zero-order valence-corrected chi connectivity index (χ0v) is 85.3. The first-order valence-corrected chi connectivity index (χ1v) is 52.7. The SMILES string of the molecule is C.C#C[Si](C)(C)C.C#Cc1ccc(NC)c(F)c1.CNc1ccc(Br)cc1F.CNc1ccc(C#C[Si](C)(C)C)cc1F.CNc1ccc(C#Cc2nc3ccc(O)cc3s2)cc1F.CNc1ccc(C#Cc2nc3ccc(OC)cc3s2)cc1F.COc1cc2sc(C)nc2cc1C.COc1cc2sc(N)nc2cc1C.COc1ccc2nc(C)sc2c1.Nc1ccc(Br)cc1F. The molecule has 0 saturated heterocycles. The van der Waals surface area contributed by atoms with Crippen molar-refractivity contribution < 1.29 is 50.4 Å². The highest BCUT2D eigenvalue weighted by atomic mass is 79.9. The molecular weight excluding hydrogens is 1950 g/mol. The summed E-state index contributed by atoms with van der Waals surface area (Å²) < 4.78 is 106. The van der Waals surface area contributed by atoms with E-state index in [-0.39, 0.29) is 53.8 Å². The molecule has 692 valence electrons. The first-order chi connectivity index (χ1) is 62.7. The van der Waals surface area contributed by atoms with Crippen molar-refractivity contribution in [3.8, 4) is 88.2 Å². The molecule has 10 N–H and O–H groups in total. The lowest BCUT2D eigenvalue weighted by Gasteiger charge is -2.04. The van der Waals surface area contributed by atoms with Gasteiger partial charge >= 0.3 is 0 Å². The second-order valence-electron chi connectivity index (χ2n) is 29.8. The van der Waals surface area contributed by atoms with Gasteiger partial charge in [-0.2, -0.15) is 0 Å². The summed E-state index contributed by atoms with van der Waals surface area (Å²) in [6.45, 7) is 21.0. The highest BCUT2D eigenvalue weighted by Gasteiger charge is 2.13. The number of phenolic OH excluding ortho intramolecular Hbond substituents is 1. The number of ether oxygens (including phenoxy) is 4. The Morgan fingerprint density at radius 3 is 1.10 bits per heavy atom. The number of anilines is 7. The van der Waals surface area contributed by atoms with Crippen LogP contribution in [0.4, 0.5) is 65.6 Å². The van der Waals surface area contributed by atoms with Gasteiger partial charge in [0.05, 0.1) is 124 Å². The number of aryl methyl sites for hydroxylation is 4. The molecule has 0 fully saturated rings. The number of hydrogen-bond donors (Lipinski definition) is 8. The van der Waals surface area contributed by atoms with Crippen molar-refractivity contribution in [2.45, 2.75) is 74.4 Å². The van der Waals surface area contributed by atoms with Gasteiger partial charge in [-0.3, -0.25) is 0 Å². The molecule has 11 aromatic carbocycles. The van der Waals surface area contributed by atoms with E-state index < -0.39 is 16.1 Å². The molecule has 5 aromatic heterocycles. The van der Waals surface area contributed by atoms with Crippen LogP contribution in [0.3, 0.4) is 0 Å². The molecule has 32 heteroatoms. The van der Waals surface area contributed by atoms with Crippen LogP contribution in [0.5, 0.6) is 28.7 Å². The Morgan fingerprint density at radius 2 is 0.714 bits per heavy atom. The number of methoxy groups -OCH3 is 4. The van der Waals surface area contributed by atoms with Crippen LogP contribution in [0.1, 0.15) is 60.8 Å². The van der Waals surface area contributed by atoms with E-state index in [0.29, 0.717) is 64.7 Å². The Kier molecular flexibility index (Phi) is 43.5. The summed E-state index contributed by atoms with van der Waals surface area (Å²) in [4.78, 5) is 21.7. The van der Waals surface area contributed by atoms with Crippen molar-refractivity contribution in [3.05, 3.63) is 285 Å². The van der Waals surface area contributed by atoms with Crippen molar-refractivity contribution in [3.63, 3.8) is 0 Å². The highest BCUT2D eigenvalue weighted by Crippen LogP contribution is 2.34. The number of nitrogens with zero attached hydrogens (tertiary/aromatic N) is 5. The van der Waals surface area contributed by atoms with Crippen LogP contribution in [-0.2, 0) is 0 Å². The maximum atomic E-state index is 13.7. The number of nitrogen functional groups attached to an aromatic ring is 2. The van der Waals surface area contributed by atoms with Gasteiger partial charge in [0.15, 0.2) is 15.1 Å². The van der Waals surface area contributed by atoms with Gasteiger partial charge in [0.25, 0.3) is 0 Å². The number of benzene rings is 11. The zero-order valence-electron chi connectivity index (χ0n) is 76.1. The van der Waals surface area contributed by atoms with Gasteiger partial charge in [0.1, 0.15) is 79.8 Å². The Labute approximate surface area is 813 Å². The molecule has 0 atom stereocenters. The molecule has 0 unspecified atom stereocenters. The number of hydrogen-bond acceptors (Lipinski definition) is 22. The van der Waals surface area contributed by atoms with Crippen LogP contribution in [0.25, 0.3) is 51.1 Å². The topological polar surface area (TPSA) is 234 Å². The van der Waals surface area contributed by atoms with Crippen molar-refractivity contribution in [2.24, 2.45) is 0 Å². The lowest BCUT2D eigenvalue weighted by molar-refractivity contribution is 0.412. The van der Waals surface area contributed by atoms with Crippen LogP contribution in [0.15, 0.2) is 197 Å². The monoisotopic (exact) mass is 2050 g/mol. The summed E-state index contributed by atoms with van der Waals surface area (Å²) in [5.41, 5.74) is 28.8. The summed E-state index contributed by atoms with van der Waals surface area (Å²) in [6.07, 6.45) is 10.2. The molecule has 0 saturated carbocycles. The van der Waals surface area contributed by atoms with E-state index in [1.807, 2.05) is 82.3 Å². The molecule has 16 aromatic rings. The molecule has 0 aliphatic carbocycles. The molecular formula is C101H104Br2F6N12O5S5Si2. The van der Waals surface area contributed by atoms with Crippen LogP contribution in [0.2, 0.25) is 39.3 Å². The summed E-state index contributed by atoms with van der Waals surface area (Å²) in [7, 11) is 12.6. The number of phenols is 1. The molecule has 0 spiro atoms. The van der Waals surface area contributed by atoms with E-state index in [1.54, 1.807) is 165 Å². The molecule has 16 rings (SSSR count). The number of nitrogens with two attached hydrogens (primary N) is 2. The lowest BCUT2D eigenvalue weighted by Crippen LogP contribution is -2.16. The largest absolute Gasteiger partial charge is 0.508 e. The van der Waals surface area contributed by atoms with Crippen molar-refractivity contribution in [1.29, 1.82) is 0 Å². The molecule has 17 nitrogen and oxygen atoms in total. The van der Waals surface area contributed by atoms with Crippen molar-refractivity contribution in [2.75, 3.05) is 102 Å². The fourth-order valence-electron chi connectivity index (χ4n) is 10.8. The van der Waals surface area contributed by atoms with Crippen molar-refractivity contribution in [1.82, 2.24) is 24.9 Å². The smallest absolute Gasteiger partial charge is 0.181 e. The third-order valence-electron chi connectivity index (χ3n) is 17.5. The number of fused-ring (bicyclic) bond motifs is 5. The van der Waals surface area contributed by atoms with Gasteiger partial charge in [0.2, 0.25) is 0 Å². The maximum Gasteiger partial charge on any atom is 0.181 e. The third kappa shape index (κ3) is 35.4. The minimum Gasteiger partial charge on any atom is -0.508 e. The fourth-order valence-corrected chi connectivity index (χ4v) is 16.1. The number of aromatic hydroxyl groups is 1. The second kappa shape index (κ2) is 53.1. The minimum absolute atomic E-state index is 0. The van der Waals surface area contributed by atoms with E-state index in [1.165, 1.54) is 85.9 Å². The summed E-state index contributed by atoms with van der Waals surface area (Å²) in [5, 5.41) is 27.3. The summed E-state index contributed by atoms with van der Waals surface area (Å²) in [6, 6.07) is 53.4. The molecule has 0 aliphatic heterocycles. The molecule has 5 heterocycles. The first kappa shape index (κ1) is 109. The molecule has 0 radical (unpaired) electrons. The Hall–Kier alpha value is -12.8. The standard InChI is InChI=1S/C17H13FN2OS.C16H11FN2OS.C12H16FNSi.C10H11NOS.C9H8FN.C9H10N2OS.C9H9NOS.C7H7BrFN.C6H5BrFN.C5H10Si.CH4/c1-19-14-6-3-11(9-13(14)18)4-8-17-20-15-7-5-12(21-2)10-16(15)22-17;1-18-13-5-2-10(8-12(13)17)3-7-16-19-14-6-4-11(20)9-15(14)21-16;1-14-12-6-5-10(9-11(12)13)7-8-15(2,3)4;1-6-4-8-10(5-9(6)12-3)13-7(2)11-8;1-3-7-4-5-9(11-2)8(10)6-7;1-5-3-6-8(4-7(5)12-2)13-9(10)11-6;1-6-10-8-4-3-7(11-2)5-9(8)12-6;1-10-7-3-2-5(8)4-6(7)9;7-4-1-2-6(9)5(8)3-4;1-5-6(2,3)4;/h3,5-7,9-10,19H,1-2H3;2,4-6,8-9,18,20H,1H3;5-6,9,14H,1-4H3;4-5H,1-3H3;1,4-6,11H,2H3;3-4H,1-2H3,(H2,10,11);3-5H,1-2H3;2-4,10H,1H3;1-3H,9H2;1H,2-4H3;1H4. The Bertz CT molecular complexity index is 6850. The van der Waals surface area contributed by atoms with E-state index in [0.717, 1.165) is 95.9 Å². The number of terminal acetylenes is 2. The predicted octanol–water partition coefficient (Wildman–Crippen LogP) is 27.1.